The van der Waals surface area contributed by atoms with Crippen LogP contribution in [0.5, 0.6) is 5.75 Å². The van der Waals surface area contributed by atoms with Crippen molar-refractivity contribution in [2.45, 2.75) is 16.0 Å². The lowest BCUT2D eigenvalue weighted by Crippen LogP contribution is -2.40. The van der Waals surface area contributed by atoms with Gasteiger partial charge in [0.1, 0.15) is 17.3 Å². The molecule has 1 N–H and O–H groups in total. The van der Waals surface area contributed by atoms with Crippen molar-refractivity contribution in [3.05, 3.63) is 72.9 Å². The Morgan fingerprint density at radius 1 is 1.00 bits per heavy atom. The second kappa shape index (κ2) is 11.1. The molecule has 0 saturated carbocycles. The van der Waals surface area contributed by atoms with Gasteiger partial charge in [-0.25, -0.2) is 13.4 Å². The molecule has 3 aromatic rings. The van der Waals surface area contributed by atoms with Crippen molar-refractivity contribution in [3.8, 4) is 16.9 Å². The van der Waals surface area contributed by atoms with E-state index in [4.69, 9.17) is 9.47 Å². The van der Waals surface area contributed by atoms with Crippen molar-refractivity contribution in [3.63, 3.8) is 0 Å². The zero-order valence-corrected chi connectivity index (χ0v) is 19.7. The highest BCUT2D eigenvalue weighted by atomic mass is 32.2. The second-order valence-electron chi connectivity index (χ2n) is 7.51. The van der Waals surface area contributed by atoms with E-state index in [2.05, 4.69) is 17.1 Å². The maximum Gasteiger partial charge on any atom is 0.244 e. The van der Waals surface area contributed by atoms with Gasteiger partial charge in [-0.1, -0.05) is 42.5 Å². The summed E-state index contributed by atoms with van der Waals surface area (Å²) in [6, 6.07) is 21.0. The fourth-order valence-corrected chi connectivity index (χ4v) is 5.44. The summed E-state index contributed by atoms with van der Waals surface area (Å²) in [5.74, 6) is 1.07. The van der Waals surface area contributed by atoms with Crippen molar-refractivity contribution < 1.29 is 23.0 Å². The molecule has 0 amide bonds. The number of nitrogens with zero attached hydrogens (tertiary/aromatic N) is 2. The third-order valence-electron chi connectivity index (χ3n) is 5.14. The van der Waals surface area contributed by atoms with Crippen LogP contribution in [0.4, 0.5) is 0 Å². The predicted octanol–water partition coefficient (Wildman–Crippen LogP) is 3.30. The molecule has 1 atom stereocenters. The van der Waals surface area contributed by atoms with Crippen molar-refractivity contribution in [1.82, 2.24) is 9.29 Å². The van der Waals surface area contributed by atoms with Gasteiger partial charge in [-0.05, 0) is 35.4 Å². The number of aliphatic hydroxyl groups excluding tert-OH is 1. The van der Waals surface area contributed by atoms with E-state index in [0.717, 1.165) is 11.1 Å². The van der Waals surface area contributed by atoms with Crippen LogP contribution in [0.25, 0.3) is 11.1 Å². The fourth-order valence-electron chi connectivity index (χ4n) is 3.34. The molecule has 4 rings (SSSR count). The number of aliphatic hydroxyl groups is 1. The molecule has 1 aliphatic heterocycles. The van der Waals surface area contributed by atoms with Gasteiger partial charge in [-0.3, -0.25) is 0 Å². The number of aromatic nitrogens is 1. The van der Waals surface area contributed by atoms with E-state index in [1.54, 1.807) is 12.1 Å². The normalized spacial score (nSPS) is 15.8. The van der Waals surface area contributed by atoms with E-state index in [1.165, 1.54) is 22.3 Å². The van der Waals surface area contributed by atoms with Crippen LogP contribution in [-0.4, -0.2) is 67.6 Å². The summed E-state index contributed by atoms with van der Waals surface area (Å²) in [6.07, 6.45) is 0.673. The number of rotatable bonds is 9. The molecule has 1 aromatic heterocycles. The molecule has 1 fully saturated rings. The Balaban J connectivity index is 1.24. The minimum atomic E-state index is -3.56. The van der Waals surface area contributed by atoms with E-state index in [9.17, 15) is 13.5 Å². The largest absolute Gasteiger partial charge is 0.491 e. The van der Waals surface area contributed by atoms with E-state index in [1.807, 2.05) is 42.5 Å². The smallest absolute Gasteiger partial charge is 0.244 e. The first kappa shape index (κ1) is 23.7. The second-order valence-corrected chi connectivity index (χ2v) is 10.5. The van der Waals surface area contributed by atoms with Gasteiger partial charge in [0, 0.05) is 25.0 Å². The Bertz CT molecular complexity index is 1120. The zero-order chi connectivity index (χ0) is 23.1. The Kier molecular flexibility index (Phi) is 8.00. The third-order valence-corrected chi connectivity index (χ3v) is 8.12. The van der Waals surface area contributed by atoms with Crippen molar-refractivity contribution in [2.24, 2.45) is 0 Å². The van der Waals surface area contributed by atoms with E-state index < -0.39 is 16.1 Å². The molecule has 0 spiro atoms. The molecule has 1 saturated heterocycles. The predicted molar refractivity (Wildman–Crippen MR) is 128 cm³/mol. The van der Waals surface area contributed by atoms with Crippen molar-refractivity contribution in [1.29, 1.82) is 0 Å². The quantitative estimate of drug-likeness (QED) is 0.464. The fraction of sp³-hybridized carbons (Fsp3) is 0.292. The van der Waals surface area contributed by atoms with E-state index in [0.29, 0.717) is 42.8 Å². The van der Waals surface area contributed by atoms with E-state index >= 15 is 0 Å². The summed E-state index contributed by atoms with van der Waals surface area (Å²) >= 11 is 1.35. The van der Waals surface area contributed by atoms with Gasteiger partial charge < -0.3 is 14.6 Å². The van der Waals surface area contributed by atoms with Gasteiger partial charge >= 0.3 is 0 Å². The number of hydrogen-bond acceptors (Lipinski definition) is 7. The van der Waals surface area contributed by atoms with Crippen LogP contribution in [-0.2, 0) is 14.8 Å². The zero-order valence-electron chi connectivity index (χ0n) is 18.0. The number of ether oxygens (including phenoxy) is 2. The standard InChI is InChI=1S/C24H26N2O5S2/c27-21(17-31-22-8-6-20(7-9-22)19-4-2-1-3-5-19)18-32-24-11-10-23(16-25-24)33(28,29)26-12-14-30-15-13-26/h1-11,16,21,27H,12-15,17-18H2. The first-order valence-corrected chi connectivity index (χ1v) is 13.1. The van der Waals surface area contributed by atoms with Gasteiger partial charge in [0.2, 0.25) is 10.0 Å². The van der Waals surface area contributed by atoms with Gasteiger partial charge in [0.25, 0.3) is 0 Å². The minimum absolute atomic E-state index is 0.154. The van der Waals surface area contributed by atoms with Crippen molar-refractivity contribution in [2.75, 3.05) is 38.7 Å². The summed E-state index contributed by atoms with van der Waals surface area (Å²) < 4.78 is 37.6. The molecule has 1 unspecified atom stereocenters. The molecule has 33 heavy (non-hydrogen) atoms. The lowest BCUT2D eigenvalue weighted by molar-refractivity contribution is 0.0730. The molecule has 9 heteroatoms. The Labute approximate surface area is 198 Å². The Morgan fingerprint density at radius 3 is 2.36 bits per heavy atom. The number of sulfonamides is 1. The van der Waals surface area contributed by atoms with Crippen molar-refractivity contribution >= 4 is 21.8 Å². The topological polar surface area (TPSA) is 89.0 Å². The lowest BCUT2D eigenvalue weighted by atomic mass is 10.1. The van der Waals surface area contributed by atoms with Crippen LogP contribution in [0.1, 0.15) is 0 Å². The Hall–Kier alpha value is -2.43. The maximum atomic E-state index is 12.7. The number of benzene rings is 2. The van der Waals surface area contributed by atoms with Gasteiger partial charge in [-0.2, -0.15) is 4.31 Å². The number of hydrogen-bond donors (Lipinski definition) is 1. The first-order valence-electron chi connectivity index (χ1n) is 10.7. The summed E-state index contributed by atoms with van der Waals surface area (Å²) in [7, 11) is -3.56. The maximum absolute atomic E-state index is 12.7. The summed E-state index contributed by atoms with van der Waals surface area (Å²) in [6.45, 7) is 1.65. The summed E-state index contributed by atoms with van der Waals surface area (Å²) in [5.41, 5.74) is 2.24. The monoisotopic (exact) mass is 486 g/mol. The minimum Gasteiger partial charge on any atom is -0.491 e. The van der Waals surface area contributed by atoms with Crippen LogP contribution < -0.4 is 4.74 Å². The SMILES string of the molecule is O=S(=O)(c1ccc(SCC(O)COc2ccc(-c3ccccc3)cc2)nc1)N1CCOCC1. The average Bonchev–Trinajstić information content (AvgIpc) is 2.88. The molecule has 0 radical (unpaired) electrons. The highest BCUT2D eigenvalue weighted by Crippen LogP contribution is 2.23. The van der Waals surface area contributed by atoms with Crippen LogP contribution in [0.15, 0.2) is 82.8 Å². The molecular formula is C24H26N2O5S2. The first-order chi connectivity index (χ1) is 16.0. The highest BCUT2D eigenvalue weighted by molar-refractivity contribution is 7.99. The van der Waals surface area contributed by atoms with Crippen LogP contribution in [0.2, 0.25) is 0 Å². The van der Waals surface area contributed by atoms with Crippen LogP contribution in [0, 0.1) is 0 Å². The highest BCUT2D eigenvalue weighted by Gasteiger charge is 2.26. The summed E-state index contributed by atoms with van der Waals surface area (Å²) in [5, 5.41) is 10.9. The van der Waals surface area contributed by atoms with Gasteiger partial charge in [0.05, 0.1) is 24.3 Å². The molecule has 7 nitrogen and oxygen atoms in total. The molecular weight excluding hydrogens is 460 g/mol. The Morgan fingerprint density at radius 2 is 1.70 bits per heavy atom. The molecule has 0 aliphatic carbocycles. The summed E-state index contributed by atoms with van der Waals surface area (Å²) in [4.78, 5) is 4.41. The lowest BCUT2D eigenvalue weighted by Gasteiger charge is -2.25. The molecule has 2 aromatic carbocycles. The van der Waals surface area contributed by atoms with Gasteiger partial charge in [-0.15, -0.1) is 11.8 Å². The van der Waals surface area contributed by atoms with Gasteiger partial charge in [0.15, 0.2) is 0 Å². The number of morpholine rings is 1. The number of thioether (sulfide) groups is 1. The average molecular weight is 487 g/mol. The molecule has 174 valence electrons. The van der Waals surface area contributed by atoms with Crippen LogP contribution in [0.3, 0.4) is 0 Å². The number of pyridine rings is 1. The van der Waals surface area contributed by atoms with E-state index in [-0.39, 0.29) is 11.5 Å². The molecule has 2 heterocycles. The third kappa shape index (κ3) is 6.33. The van der Waals surface area contributed by atoms with Crippen LogP contribution >= 0.6 is 11.8 Å². The molecule has 0 bridgehead atoms. The molecule has 1 aliphatic rings.